The van der Waals surface area contributed by atoms with E-state index in [0.29, 0.717) is 76.2 Å². The minimum absolute atomic E-state index is 0.00617. The monoisotopic (exact) mass is 1480 g/mol. The number of carboxylic acid groups (broad SMARTS) is 4. The Morgan fingerprint density at radius 2 is 0.721 bits per heavy atom. The van der Waals surface area contributed by atoms with Crippen molar-refractivity contribution in [3.8, 4) is 0 Å². The fourth-order valence-electron chi connectivity index (χ4n) is 11.7. The molecule has 104 heavy (non-hydrogen) atoms. The van der Waals surface area contributed by atoms with Crippen LogP contribution >= 0.6 is 23.5 Å². The molecule has 0 saturated carbocycles. The lowest BCUT2D eigenvalue weighted by Crippen LogP contribution is -2.42. The lowest BCUT2D eigenvalue weighted by Gasteiger charge is -2.33. The van der Waals surface area contributed by atoms with Crippen molar-refractivity contribution in [2.24, 2.45) is 0 Å². The van der Waals surface area contributed by atoms with Crippen molar-refractivity contribution in [2.45, 2.75) is 204 Å². The number of aliphatic carboxylic acids is 4. The lowest BCUT2D eigenvalue weighted by molar-refractivity contribution is -0.142. The number of rotatable bonds is 44. The van der Waals surface area contributed by atoms with Gasteiger partial charge in [-0.15, -0.1) is 23.5 Å². The van der Waals surface area contributed by atoms with Gasteiger partial charge in [0.05, 0.1) is 73.3 Å². The second-order valence-corrected chi connectivity index (χ2v) is 27.8. The highest BCUT2D eigenvalue weighted by Gasteiger charge is 2.29. The zero-order chi connectivity index (χ0) is 76.0. The number of hydrogen-bond acceptors (Lipinski definition) is 16. The Labute approximate surface area is 624 Å². The summed E-state index contributed by atoms with van der Waals surface area (Å²) in [6.07, 6.45) is 46.0. The van der Waals surface area contributed by atoms with Crippen molar-refractivity contribution in [2.75, 3.05) is 75.6 Å². The van der Waals surface area contributed by atoms with E-state index in [2.05, 4.69) is 13.8 Å². The molecule has 4 aliphatic heterocycles. The fraction of sp³-hybridized carbons (Fsp3) is 0.550. The predicted octanol–water partition coefficient (Wildman–Crippen LogP) is 10.8. The van der Waals surface area contributed by atoms with Crippen LogP contribution in [0.25, 0.3) is 0 Å². The van der Waals surface area contributed by atoms with E-state index >= 15 is 0 Å². The van der Waals surface area contributed by atoms with Gasteiger partial charge in [0.25, 0.3) is 0 Å². The molecule has 6 rings (SSSR count). The van der Waals surface area contributed by atoms with Crippen LogP contribution in [0.3, 0.4) is 0 Å². The Balaban J connectivity index is 0.000000360. The number of nitrogens with zero attached hydrogens (tertiary/aromatic N) is 4. The topological polar surface area (TPSA) is 330 Å². The third-order valence-electron chi connectivity index (χ3n) is 17.1. The molecule has 4 heterocycles. The summed E-state index contributed by atoms with van der Waals surface area (Å²) in [6, 6.07) is 19.6. The largest absolute Gasteiger partial charge is 0.481 e. The number of aliphatic hydroxyl groups is 4. The molecule has 4 aliphatic rings. The van der Waals surface area contributed by atoms with Crippen LogP contribution in [-0.4, -0.2) is 232 Å². The van der Waals surface area contributed by atoms with Crippen LogP contribution in [0.4, 0.5) is 0 Å². The second kappa shape index (κ2) is 56.9. The maximum absolute atomic E-state index is 12.3. The maximum atomic E-state index is 12.3. The highest BCUT2D eigenvalue weighted by Crippen LogP contribution is 2.24. The Kier molecular flexibility index (Phi) is 49.7. The Morgan fingerprint density at radius 1 is 0.423 bits per heavy atom. The molecule has 0 radical (unpaired) electrons. The van der Waals surface area contributed by atoms with Crippen LogP contribution in [-0.2, 0) is 60.7 Å². The van der Waals surface area contributed by atoms with Gasteiger partial charge in [0.1, 0.15) is 13.2 Å². The van der Waals surface area contributed by atoms with Gasteiger partial charge in [-0.05, 0) is 75.3 Å². The number of hydrogen-bond donors (Lipinski definition) is 8. The van der Waals surface area contributed by atoms with Crippen LogP contribution in [0.5, 0.6) is 0 Å². The quantitative estimate of drug-likeness (QED) is 0.0226. The summed E-state index contributed by atoms with van der Waals surface area (Å²) < 4.78 is 9.86. The lowest BCUT2D eigenvalue weighted by atomic mass is 9.99. The predicted molar refractivity (Wildman–Crippen MR) is 410 cm³/mol. The van der Waals surface area contributed by atoms with Crippen LogP contribution in [0.1, 0.15) is 153 Å². The number of carbonyl (C=O) groups excluding carboxylic acids is 4. The van der Waals surface area contributed by atoms with Gasteiger partial charge in [0, 0.05) is 76.2 Å². The molecule has 4 saturated heterocycles. The first-order valence-corrected chi connectivity index (χ1v) is 39.0. The first-order chi connectivity index (χ1) is 50.2. The molecule has 2 aromatic rings. The fourth-order valence-corrected chi connectivity index (χ4v) is 12.8. The summed E-state index contributed by atoms with van der Waals surface area (Å²) in [4.78, 5) is 97.7. The highest BCUT2D eigenvalue weighted by molar-refractivity contribution is 8.00. The van der Waals surface area contributed by atoms with Gasteiger partial charge in [0.2, 0.25) is 23.6 Å². The molecule has 24 heteroatoms. The molecule has 4 unspecified atom stereocenters. The highest BCUT2D eigenvalue weighted by atomic mass is 32.2. The van der Waals surface area contributed by atoms with Crippen molar-refractivity contribution >= 4 is 71.0 Å². The molecule has 8 atom stereocenters. The molecule has 0 aliphatic carbocycles. The van der Waals surface area contributed by atoms with Gasteiger partial charge in [-0.25, -0.2) is 9.59 Å². The molecule has 22 nitrogen and oxygen atoms in total. The first-order valence-electron chi connectivity index (χ1n) is 36.7. The van der Waals surface area contributed by atoms with Crippen molar-refractivity contribution in [1.82, 2.24) is 19.6 Å². The molecule has 0 bridgehead atoms. The van der Waals surface area contributed by atoms with E-state index in [9.17, 15) is 58.8 Å². The van der Waals surface area contributed by atoms with Gasteiger partial charge in [-0.3, -0.25) is 28.8 Å². The number of unbranched alkanes of at least 4 members (excludes halogenated alkanes) is 4. The molecule has 576 valence electrons. The Hall–Kier alpha value is -7.42. The minimum Gasteiger partial charge on any atom is -0.481 e. The van der Waals surface area contributed by atoms with Crippen LogP contribution in [0.2, 0.25) is 0 Å². The smallest absolute Gasteiger partial charge is 0.329 e. The van der Waals surface area contributed by atoms with Crippen LogP contribution in [0, 0.1) is 0 Å². The number of likely N-dealkylation sites (tertiary alicyclic amines) is 4. The number of benzene rings is 2. The van der Waals surface area contributed by atoms with E-state index in [1.54, 1.807) is 34.1 Å². The van der Waals surface area contributed by atoms with Crippen molar-refractivity contribution < 1.29 is 88.7 Å². The summed E-state index contributed by atoms with van der Waals surface area (Å²) >= 11 is 2.66. The average Bonchev–Trinajstić information content (AvgIpc) is 0.877. The number of aliphatic hydroxyl groups excluding tert-OH is 4. The van der Waals surface area contributed by atoms with E-state index < -0.39 is 48.3 Å². The zero-order valence-corrected chi connectivity index (χ0v) is 62.6. The Morgan fingerprint density at radius 3 is 1.01 bits per heavy atom. The van der Waals surface area contributed by atoms with E-state index in [-0.39, 0.29) is 85.7 Å². The van der Waals surface area contributed by atoms with Gasteiger partial charge >= 0.3 is 23.9 Å². The first kappa shape index (κ1) is 90.8. The molecule has 4 amide bonds. The summed E-state index contributed by atoms with van der Waals surface area (Å²) in [5.74, 6) is -1.76. The van der Waals surface area contributed by atoms with Crippen molar-refractivity contribution in [3.63, 3.8) is 0 Å². The molecular formula is C80H116N4O18S2. The Bertz CT molecular complexity index is 2830. The number of ether oxygens (including phenoxy) is 2. The number of thioether (sulfide) groups is 2. The second-order valence-electron chi connectivity index (χ2n) is 25.7. The maximum Gasteiger partial charge on any atom is 0.329 e. The molecule has 0 aromatic heterocycles. The number of carboxylic acids is 4. The minimum atomic E-state index is -1.01. The summed E-state index contributed by atoms with van der Waals surface area (Å²) in [5.41, 5.74) is 2.14. The molecule has 4 fully saturated rings. The van der Waals surface area contributed by atoms with Crippen molar-refractivity contribution in [3.05, 3.63) is 169 Å². The molecule has 8 N–H and O–H groups in total. The van der Waals surface area contributed by atoms with Crippen LogP contribution < -0.4 is 0 Å². The normalized spacial score (nSPS) is 19.4. The van der Waals surface area contributed by atoms with Gasteiger partial charge in [-0.1, -0.05) is 210 Å². The SMILES string of the molecule is CCCCCC(O)C=C[C@H]1CCCC(=O)N1CC=CCOCC(=O)O.CCCCCC(O)C=C[C@H]1CCCC(=O)N1CC=CCSCC(=O)O.O=C(O)COCC=CCN1C(=O)CCC[C@@H]1C=CC(O)Cc1ccccc1.O=C(O)CSCC=CCN1C(=O)CCC[C@@H]1C=CC(O)Cc1ccccc1. The number of amides is 4. The summed E-state index contributed by atoms with van der Waals surface area (Å²) in [7, 11) is 0. The summed E-state index contributed by atoms with van der Waals surface area (Å²) in [5, 5.41) is 74.7. The van der Waals surface area contributed by atoms with Gasteiger partial charge < -0.3 is 69.9 Å². The molecule has 2 aromatic carbocycles. The van der Waals surface area contributed by atoms with E-state index in [0.717, 1.165) is 114 Å². The van der Waals surface area contributed by atoms with Crippen LogP contribution in [0.15, 0.2) is 158 Å². The average molecular weight is 1490 g/mol. The van der Waals surface area contributed by atoms with E-state index in [1.807, 2.05) is 143 Å². The third kappa shape index (κ3) is 43.1. The number of piperidine rings is 4. The molecular weight excluding hydrogens is 1370 g/mol. The number of carbonyl (C=O) groups is 8. The standard InChI is InChI=1S/C21H27NO5.C21H27NO4S.C19H31NO5.C19H31NO4S/c2*23-19(15-17-7-2-1-3-8-17)12-11-18-9-6-10-20(24)22(18)13-4-5-14-27-16-21(25)26;2*1-2-3-4-9-17(21)12-11-16-8-7-10-18(22)20(16)13-5-6-14-25-15-19(23)24/h2*1-5,7-8,11-12,18-19,23H,6,9-10,13-16H2,(H,25,26);2*5-6,11-12,16-17,21H,2-4,7-10,13-15H2,1H3,(H,23,24)/t2*18-,19?;2*16-,17?/m1111/s1. The van der Waals surface area contributed by atoms with E-state index in [1.165, 1.54) is 23.5 Å². The summed E-state index contributed by atoms with van der Waals surface area (Å²) in [6.45, 7) is 5.98. The third-order valence-corrected chi connectivity index (χ3v) is 18.8. The molecule has 0 spiro atoms. The zero-order valence-electron chi connectivity index (χ0n) is 60.9. The van der Waals surface area contributed by atoms with E-state index in [4.69, 9.17) is 29.9 Å². The van der Waals surface area contributed by atoms with Crippen molar-refractivity contribution in [1.29, 1.82) is 0 Å². The van der Waals surface area contributed by atoms with Gasteiger partial charge in [0.15, 0.2) is 0 Å². The van der Waals surface area contributed by atoms with Gasteiger partial charge in [-0.2, -0.15) is 0 Å².